The van der Waals surface area contributed by atoms with Crippen molar-refractivity contribution >= 4 is 10.9 Å². The summed E-state index contributed by atoms with van der Waals surface area (Å²) in [6.45, 7) is 3.02. The molecular weight excluding hydrogens is 296 g/mol. The molecule has 124 valence electrons. The lowest BCUT2D eigenvalue weighted by molar-refractivity contribution is 0.280. The second-order valence-corrected chi connectivity index (χ2v) is 6.72. The Morgan fingerprint density at radius 2 is 2.00 bits per heavy atom. The molecule has 0 saturated heterocycles. The summed E-state index contributed by atoms with van der Waals surface area (Å²) < 4.78 is 0. The molecule has 4 rings (SSSR count). The van der Waals surface area contributed by atoms with Crippen LogP contribution in [0.1, 0.15) is 35.7 Å². The van der Waals surface area contributed by atoms with E-state index in [1.807, 2.05) is 0 Å². The van der Waals surface area contributed by atoms with Gasteiger partial charge < -0.3 is 15.4 Å². The van der Waals surface area contributed by atoms with E-state index in [9.17, 15) is 0 Å². The van der Waals surface area contributed by atoms with Gasteiger partial charge >= 0.3 is 0 Å². The maximum atomic E-state index is 9.12. The number of fused-ring (bicyclic) bond motifs is 3. The number of aliphatic hydroxyl groups is 1. The molecule has 3 N–H and O–H groups in total. The van der Waals surface area contributed by atoms with Crippen LogP contribution in [0.4, 0.5) is 0 Å². The summed E-state index contributed by atoms with van der Waals surface area (Å²) in [5, 5.41) is 14.0. The highest BCUT2D eigenvalue weighted by Gasteiger charge is 2.24. The summed E-state index contributed by atoms with van der Waals surface area (Å²) in [4.78, 5) is 3.68. The summed E-state index contributed by atoms with van der Waals surface area (Å²) in [5.74, 6) is 0. The first-order valence-electron chi connectivity index (χ1n) is 8.82. The van der Waals surface area contributed by atoms with Gasteiger partial charge in [-0.05, 0) is 60.6 Å². The van der Waals surface area contributed by atoms with Crippen molar-refractivity contribution in [2.24, 2.45) is 0 Å². The Morgan fingerprint density at radius 3 is 2.79 bits per heavy atom. The SMILES string of the molecule is Cc1cc(-c2ccccc2)cc2c3c([nH]c12)C(NCCO)CCC3. The van der Waals surface area contributed by atoms with Crippen LogP contribution in [0.2, 0.25) is 0 Å². The third-order valence-corrected chi connectivity index (χ3v) is 5.12. The minimum absolute atomic E-state index is 0.184. The second kappa shape index (κ2) is 6.42. The van der Waals surface area contributed by atoms with Crippen molar-refractivity contribution in [2.45, 2.75) is 32.2 Å². The molecule has 1 heterocycles. The zero-order valence-electron chi connectivity index (χ0n) is 14.1. The highest BCUT2D eigenvalue weighted by Crippen LogP contribution is 2.37. The van der Waals surface area contributed by atoms with Crippen molar-refractivity contribution in [3.05, 3.63) is 59.3 Å². The first kappa shape index (κ1) is 15.4. The smallest absolute Gasteiger partial charge is 0.0556 e. The topological polar surface area (TPSA) is 48.0 Å². The van der Waals surface area contributed by atoms with Gasteiger partial charge in [-0.15, -0.1) is 0 Å². The number of aliphatic hydroxyl groups excluding tert-OH is 1. The second-order valence-electron chi connectivity index (χ2n) is 6.72. The maximum absolute atomic E-state index is 9.12. The van der Waals surface area contributed by atoms with Gasteiger partial charge in [0.2, 0.25) is 0 Å². The summed E-state index contributed by atoms with van der Waals surface area (Å²) >= 11 is 0. The third-order valence-electron chi connectivity index (χ3n) is 5.12. The van der Waals surface area contributed by atoms with Crippen molar-refractivity contribution < 1.29 is 5.11 Å². The van der Waals surface area contributed by atoms with Crippen LogP contribution in [0.25, 0.3) is 22.0 Å². The van der Waals surface area contributed by atoms with E-state index in [0.29, 0.717) is 12.6 Å². The van der Waals surface area contributed by atoms with E-state index in [-0.39, 0.29) is 6.61 Å². The lowest BCUT2D eigenvalue weighted by atomic mass is 9.90. The van der Waals surface area contributed by atoms with Crippen molar-refractivity contribution in [3.8, 4) is 11.1 Å². The number of rotatable bonds is 4. The highest BCUT2D eigenvalue weighted by molar-refractivity contribution is 5.92. The highest BCUT2D eigenvalue weighted by atomic mass is 16.3. The number of hydrogen-bond donors (Lipinski definition) is 3. The van der Waals surface area contributed by atoms with Crippen molar-refractivity contribution in [2.75, 3.05) is 13.2 Å². The van der Waals surface area contributed by atoms with Gasteiger partial charge in [-0.2, -0.15) is 0 Å². The number of H-pyrrole nitrogens is 1. The van der Waals surface area contributed by atoms with Crippen LogP contribution in [0.15, 0.2) is 42.5 Å². The van der Waals surface area contributed by atoms with Crippen LogP contribution in [0, 0.1) is 6.92 Å². The van der Waals surface area contributed by atoms with E-state index in [1.165, 1.54) is 45.3 Å². The Morgan fingerprint density at radius 1 is 1.17 bits per heavy atom. The lowest BCUT2D eigenvalue weighted by Gasteiger charge is -2.23. The zero-order valence-corrected chi connectivity index (χ0v) is 14.1. The normalized spacial score (nSPS) is 17.2. The van der Waals surface area contributed by atoms with Crippen molar-refractivity contribution in [1.29, 1.82) is 0 Å². The number of benzene rings is 2. The van der Waals surface area contributed by atoms with Gasteiger partial charge in [-0.25, -0.2) is 0 Å². The van der Waals surface area contributed by atoms with Crippen LogP contribution < -0.4 is 5.32 Å². The molecule has 0 bridgehead atoms. The molecule has 24 heavy (non-hydrogen) atoms. The van der Waals surface area contributed by atoms with Crippen LogP contribution in [0.5, 0.6) is 0 Å². The van der Waals surface area contributed by atoms with Crippen LogP contribution in [-0.4, -0.2) is 23.2 Å². The van der Waals surface area contributed by atoms with E-state index >= 15 is 0 Å². The summed E-state index contributed by atoms with van der Waals surface area (Å²) in [5.41, 5.74) is 7.88. The fraction of sp³-hybridized carbons (Fsp3) is 0.333. The van der Waals surface area contributed by atoms with Crippen molar-refractivity contribution in [1.82, 2.24) is 10.3 Å². The van der Waals surface area contributed by atoms with E-state index in [2.05, 4.69) is 59.7 Å². The van der Waals surface area contributed by atoms with Gasteiger partial charge in [0.25, 0.3) is 0 Å². The Kier molecular flexibility index (Phi) is 4.13. The molecule has 0 fully saturated rings. The summed E-state index contributed by atoms with van der Waals surface area (Å²) in [7, 11) is 0. The van der Waals surface area contributed by atoms with Gasteiger partial charge in [0, 0.05) is 29.2 Å². The molecule has 1 aliphatic carbocycles. The molecular formula is C21H24N2O. The van der Waals surface area contributed by atoms with Gasteiger partial charge in [-0.1, -0.05) is 30.3 Å². The van der Waals surface area contributed by atoms with Crippen molar-refractivity contribution in [3.63, 3.8) is 0 Å². The molecule has 3 nitrogen and oxygen atoms in total. The first-order valence-corrected chi connectivity index (χ1v) is 8.82. The Bertz CT molecular complexity index is 851. The number of hydrogen-bond acceptors (Lipinski definition) is 2. The minimum Gasteiger partial charge on any atom is -0.395 e. The predicted molar refractivity (Wildman–Crippen MR) is 99.2 cm³/mol. The largest absolute Gasteiger partial charge is 0.395 e. The molecule has 0 saturated carbocycles. The molecule has 1 atom stereocenters. The maximum Gasteiger partial charge on any atom is 0.0556 e. The molecule has 1 aliphatic rings. The summed E-state index contributed by atoms with van der Waals surface area (Å²) in [6, 6.07) is 15.5. The van der Waals surface area contributed by atoms with E-state index in [0.717, 1.165) is 12.8 Å². The van der Waals surface area contributed by atoms with E-state index in [4.69, 9.17) is 5.11 Å². The zero-order chi connectivity index (χ0) is 16.5. The molecule has 2 aromatic carbocycles. The number of nitrogens with one attached hydrogen (secondary N) is 2. The fourth-order valence-corrected chi connectivity index (χ4v) is 3.98. The first-order chi connectivity index (χ1) is 11.8. The van der Waals surface area contributed by atoms with E-state index in [1.54, 1.807) is 0 Å². The average molecular weight is 320 g/mol. The lowest BCUT2D eigenvalue weighted by Crippen LogP contribution is -2.27. The quantitative estimate of drug-likeness (QED) is 0.678. The molecule has 3 aromatic rings. The fourth-order valence-electron chi connectivity index (χ4n) is 3.98. The monoisotopic (exact) mass is 320 g/mol. The molecule has 0 amide bonds. The molecule has 0 aliphatic heterocycles. The van der Waals surface area contributed by atoms with Crippen LogP contribution in [-0.2, 0) is 6.42 Å². The molecule has 0 spiro atoms. The number of aromatic nitrogens is 1. The van der Waals surface area contributed by atoms with Gasteiger partial charge in [0.1, 0.15) is 0 Å². The minimum atomic E-state index is 0.184. The third kappa shape index (κ3) is 2.64. The van der Waals surface area contributed by atoms with Gasteiger partial charge in [0.05, 0.1) is 6.61 Å². The standard InChI is InChI=1S/C21H24N2O/c1-14-12-16(15-6-3-2-4-7-15)13-18-17-8-5-9-19(22-10-11-24)21(17)23-20(14)18/h2-4,6-7,12-13,19,22-24H,5,8-11H2,1H3. The molecule has 1 aromatic heterocycles. The Hall–Kier alpha value is -2.10. The Balaban J connectivity index is 1.83. The van der Waals surface area contributed by atoms with Gasteiger partial charge in [0.15, 0.2) is 0 Å². The summed E-state index contributed by atoms with van der Waals surface area (Å²) in [6.07, 6.45) is 3.45. The molecule has 0 radical (unpaired) electrons. The van der Waals surface area contributed by atoms with Crippen LogP contribution in [0.3, 0.4) is 0 Å². The predicted octanol–water partition coefficient (Wildman–Crippen LogP) is 4.10. The van der Waals surface area contributed by atoms with Gasteiger partial charge in [-0.3, -0.25) is 0 Å². The average Bonchev–Trinajstić information content (AvgIpc) is 3.01. The number of aryl methyl sites for hydroxylation is 2. The molecule has 1 unspecified atom stereocenters. The van der Waals surface area contributed by atoms with E-state index < -0.39 is 0 Å². The van der Waals surface area contributed by atoms with Crippen LogP contribution >= 0.6 is 0 Å². The Labute approximate surface area is 142 Å². The molecule has 3 heteroatoms. The number of aromatic amines is 1.